The molecule has 0 N–H and O–H groups in total. The predicted octanol–water partition coefficient (Wildman–Crippen LogP) is 3.23. The molecule has 184 valence electrons. The number of amides is 2. The molecule has 2 heterocycles. The average Bonchev–Trinajstić information content (AvgIpc) is 3.71. The van der Waals surface area contributed by atoms with Gasteiger partial charge in [-0.05, 0) is 24.5 Å². The molecule has 2 atom stereocenters. The topological polar surface area (TPSA) is 47.1 Å². The second-order valence-electron chi connectivity index (χ2n) is 10.1. The fraction of sp³-hybridized carbons (Fsp3) is 0.448. The third kappa shape index (κ3) is 5.13. The van der Waals surface area contributed by atoms with Crippen molar-refractivity contribution in [1.29, 1.82) is 0 Å². The van der Waals surface area contributed by atoms with Crippen molar-refractivity contribution in [1.82, 2.24) is 19.6 Å². The highest BCUT2D eigenvalue weighted by atomic mass is 16.2. The van der Waals surface area contributed by atoms with Crippen LogP contribution in [0.2, 0.25) is 0 Å². The van der Waals surface area contributed by atoms with Crippen LogP contribution in [0.1, 0.15) is 30.5 Å². The van der Waals surface area contributed by atoms with E-state index in [1.165, 1.54) is 11.1 Å². The Morgan fingerprint density at radius 3 is 1.51 bits per heavy atom. The molecule has 0 spiro atoms. The lowest BCUT2D eigenvalue weighted by molar-refractivity contribution is -0.139. The van der Waals surface area contributed by atoms with Crippen molar-refractivity contribution in [3.63, 3.8) is 0 Å². The van der Waals surface area contributed by atoms with Gasteiger partial charge in [0.05, 0.1) is 17.9 Å². The van der Waals surface area contributed by atoms with E-state index in [4.69, 9.17) is 0 Å². The summed E-state index contributed by atoms with van der Waals surface area (Å²) < 4.78 is 0. The Morgan fingerprint density at radius 1 is 0.686 bits per heavy atom. The molecule has 0 radical (unpaired) electrons. The van der Waals surface area contributed by atoms with Crippen LogP contribution < -0.4 is 0 Å². The van der Waals surface area contributed by atoms with Gasteiger partial charge in [0, 0.05) is 58.1 Å². The Hall–Kier alpha value is -3.12. The van der Waals surface area contributed by atoms with E-state index in [0.717, 1.165) is 45.0 Å². The van der Waals surface area contributed by atoms with E-state index in [9.17, 15) is 9.59 Å². The Morgan fingerprint density at radius 2 is 1.09 bits per heavy atom. The molecule has 2 aromatic carbocycles. The molecule has 2 amide bonds. The standard InChI is InChI=1S/C29H36N4O2/c1-22(2)30-13-17-32(18-14-30)28(34)25-21-26(25)29(35)33-19-15-31(16-20-33)27(23-9-5-3-6-10-23)24-11-7-4-8-12-24/h3-12,25-27H,1,13-21H2,2H3. The molecule has 6 nitrogen and oxygen atoms in total. The summed E-state index contributed by atoms with van der Waals surface area (Å²) in [4.78, 5) is 34.9. The smallest absolute Gasteiger partial charge is 0.226 e. The molecule has 2 aromatic rings. The summed E-state index contributed by atoms with van der Waals surface area (Å²) >= 11 is 0. The van der Waals surface area contributed by atoms with Gasteiger partial charge >= 0.3 is 0 Å². The SMILES string of the molecule is C=C(C)N1CCN(C(=O)C2CC2C(=O)N2CCN(C(c3ccccc3)c3ccccc3)CC2)CC1. The number of allylic oxidation sites excluding steroid dienone is 1. The van der Waals surface area contributed by atoms with Crippen LogP contribution in [0.4, 0.5) is 0 Å². The van der Waals surface area contributed by atoms with Crippen LogP contribution in [0.3, 0.4) is 0 Å². The lowest BCUT2D eigenvalue weighted by Crippen LogP contribution is -2.51. The first-order valence-electron chi connectivity index (χ1n) is 12.8. The molecule has 3 fully saturated rings. The van der Waals surface area contributed by atoms with Crippen molar-refractivity contribution in [3.8, 4) is 0 Å². The lowest BCUT2D eigenvalue weighted by atomic mass is 9.96. The van der Waals surface area contributed by atoms with Crippen LogP contribution >= 0.6 is 0 Å². The van der Waals surface area contributed by atoms with E-state index < -0.39 is 0 Å². The van der Waals surface area contributed by atoms with Crippen LogP contribution in [0.5, 0.6) is 0 Å². The van der Waals surface area contributed by atoms with Crippen molar-refractivity contribution >= 4 is 11.8 Å². The summed E-state index contributed by atoms with van der Waals surface area (Å²) in [7, 11) is 0. The number of rotatable bonds is 6. The third-order valence-electron chi connectivity index (χ3n) is 7.78. The Balaban J connectivity index is 1.17. The molecule has 2 unspecified atom stereocenters. The van der Waals surface area contributed by atoms with Gasteiger partial charge in [0.2, 0.25) is 11.8 Å². The van der Waals surface area contributed by atoms with Gasteiger partial charge in [-0.2, -0.15) is 0 Å². The Labute approximate surface area is 208 Å². The fourth-order valence-electron chi connectivity index (χ4n) is 5.60. The van der Waals surface area contributed by atoms with Gasteiger partial charge in [0.15, 0.2) is 0 Å². The molecular formula is C29H36N4O2. The molecular weight excluding hydrogens is 436 g/mol. The Bertz CT molecular complexity index is 1000. The molecule has 2 saturated heterocycles. The number of nitrogens with zero attached hydrogens (tertiary/aromatic N) is 4. The van der Waals surface area contributed by atoms with Crippen LogP contribution in [0.25, 0.3) is 0 Å². The summed E-state index contributed by atoms with van der Waals surface area (Å²) in [6.07, 6.45) is 0.704. The van der Waals surface area contributed by atoms with Crippen LogP contribution in [0.15, 0.2) is 72.9 Å². The summed E-state index contributed by atoms with van der Waals surface area (Å²) in [5.74, 6) is 0.0710. The summed E-state index contributed by atoms with van der Waals surface area (Å²) in [5.41, 5.74) is 3.61. The summed E-state index contributed by atoms with van der Waals surface area (Å²) in [5, 5.41) is 0. The van der Waals surface area contributed by atoms with E-state index in [-0.39, 0.29) is 29.7 Å². The minimum Gasteiger partial charge on any atom is -0.372 e. The zero-order valence-electron chi connectivity index (χ0n) is 20.7. The maximum absolute atomic E-state index is 13.2. The van der Waals surface area contributed by atoms with Gasteiger partial charge < -0.3 is 14.7 Å². The molecule has 6 heteroatoms. The second-order valence-corrected chi connectivity index (χ2v) is 10.1. The van der Waals surface area contributed by atoms with Crippen molar-refractivity contribution in [2.45, 2.75) is 19.4 Å². The molecule has 1 aliphatic carbocycles. The van der Waals surface area contributed by atoms with Crippen molar-refractivity contribution in [2.75, 3.05) is 52.4 Å². The van der Waals surface area contributed by atoms with Crippen LogP contribution in [-0.2, 0) is 9.59 Å². The van der Waals surface area contributed by atoms with Crippen LogP contribution in [0, 0.1) is 11.8 Å². The highest BCUT2D eigenvalue weighted by Crippen LogP contribution is 2.42. The van der Waals surface area contributed by atoms with Crippen LogP contribution in [-0.4, -0.2) is 83.8 Å². The number of hydrogen-bond donors (Lipinski definition) is 0. The molecule has 0 bridgehead atoms. The zero-order valence-corrected chi connectivity index (χ0v) is 20.7. The predicted molar refractivity (Wildman–Crippen MR) is 137 cm³/mol. The third-order valence-corrected chi connectivity index (χ3v) is 7.78. The van der Waals surface area contributed by atoms with E-state index in [0.29, 0.717) is 19.5 Å². The van der Waals surface area contributed by atoms with Gasteiger partial charge in [-0.3, -0.25) is 14.5 Å². The maximum Gasteiger partial charge on any atom is 0.226 e. The largest absolute Gasteiger partial charge is 0.372 e. The summed E-state index contributed by atoms with van der Waals surface area (Å²) in [6, 6.07) is 21.4. The molecule has 2 aliphatic heterocycles. The van der Waals surface area contributed by atoms with Gasteiger partial charge in [0.25, 0.3) is 0 Å². The maximum atomic E-state index is 13.2. The van der Waals surface area contributed by atoms with Gasteiger partial charge in [0.1, 0.15) is 0 Å². The van der Waals surface area contributed by atoms with E-state index in [1.807, 2.05) is 16.7 Å². The quantitative estimate of drug-likeness (QED) is 0.648. The van der Waals surface area contributed by atoms with Crippen molar-refractivity contribution in [3.05, 3.63) is 84.1 Å². The number of piperazine rings is 2. The fourth-order valence-corrected chi connectivity index (χ4v) is 5.60. The molecule has 35 heavy (non-hydrogen) atoms. The normalized spacial score (nSPS) is 22.9. The molecule has 1 saturated carbocycles. The van der Waals surface area contributed by atoms with Crippen molar-refractivity contribution < 1.29 is 9.59 Å². The number of benzene rings is 2. The highest BCUT2D eigenvalue weighted by Gasteiger charge is 2.51. The highest BCUT2D eigenvalue weighted by molar-refractivity contribution is 5.92. The number of carbonyl (C=O) groups excluding carboxylic acids is 2. The van der Waals surface area contributed by atoms with Crippen molar-refractivity contribution in [2.24, 2.45) is 11.8 Å². The Kier molecular flexibility index (Phi) is 6.91. The number of carbonyl (C=O) groups is 2. The first-order chi connectivity index (χ1) is 17.0. The van der Waals surface area contributed by atoms with E-state index >= 15 is 0 Å². The van der Waals surface area contributed by atoms with Gasteiger partial charge in [-0.15, -0.1) is 0 Å². The van der Waals surface area contributed by atoms with Gasteiger partial charge in [-0.1, -0.05) is 67.2 Å². The molecule has 5 rings (SSSR count). The second kappa shape index (κ2) is 10.2. The number of hydrogen-bond acceptors (Lipinski definition) is 4. The minimum atomic E-state index is -0.132. The molecule has 3 aliphatic rings. The van der Waals surface area contributed by atoms with E-state index in [2.05, 4.69) is 77.0 Å². The first kappa shape index (κ1) is 23.6. The minimum absolute atomic E-state index is 0.127. The van der Waals surface area contributed by atoms with Gasteiger partial charge in [-0.25, -0.2) is 0 Å². The monoisotopic (exact) mass is 472 g/mol. The summed E-state index contributed by atoms with van der Waals surface area (Å²) in [6.45, 7) is 12.2. The molecule has 0 aromatic heterocycles. The van der Waals surface area contributed by atoms with E-state index in [1.54, 1.807) is 0 Å². The average molecular weight is 473 g/mol. The first-order valence-corrected chi connectivity index (χ1v) is 12.8. The lowest BCUT2D eigenvalue weighted by Gasteiger charge is -2.40. The zero-order chi connectivity index (χ0) is 24.4.